The zero-order valence-electron chi connectivity index (χ0n) is 16.4. The maximum Gasteiger partial charge on any atom is 0.337 e. The number of H-pyrrole nitrogens is 1. The van der Waals surface area contributed by atoms with Gasteiger partial charge in [0.25, 0.3) is 0 Å². The molecule has 1 aromatic heterocycles. The molecule has 3 heterocycles. The number of nitrogens with one attached hydrogen (secondary N) is 1. The van der Waals surface area contributed by atoms with E-state index in [2.05, 4.69) is 4.98 Å². The lowest BCUT2D eigenvalue weighted by Gasteiger charge is -2.29. The minimum atomic E-state index is -0.376. The van der Waals surface area contributed by atoms with Crippen molar-refractivity contribution in [1.29, 1.82) is 0 Å². The highest BCUT2D eigenvalue weighted by molar-refractivity contribution is 5.96. The molecule has 2 aromatic rings. The number of ether oxygens (including phenoxy) is 1. The summed E-state index contributed by atoms with van der Waals surface area (Å²) in [6.45, 7) is 5.57. The summed E-state index contributed by atoms with van der Waals surface area (Å²) in [5, 5.41) is 0.946. The Bertz CT molecular complexity index is 962. The average Bonchev–Trinajstić information content (AvgIpc) is 3.26. The van der Waals surface area contributed by atoms with Gasteiger partial charge in [0, 0.05) is 60.7 Å². The lowest BCUT2D eigenvalue weighted by Crippen LogP contribution is -2.41. The number of rotatable bonds is 3. The molecule has 0 spiro atoms. The van der Waals surface area contributed by atoms with Crippen molar-refractivity contribution in [2.75, 3.05) is 20.2 Å². The summed E-state index contributed by atoms with van der Waals surface area (Å²) in [4.78, 5) is 44.2. The Morgan fingerprint density at radius 3 is 2.75 bits per heavy atom. The molecule has 2 amide bonds. The fourth-order valence-electron chi connectivity index (χ4n) is 4.30. The molecule has 2 aliphatic heterocycles. The second kappa shape index (κ2) is 6.96. The Morgan fingerprint density at radius 1 is 1.29 bits per heavy atom. The molecule has 0 radical (unpaired) electrons. The number of methoxy groups -OCH3 is 1. The molecule has 1 aromatic carbocycles. The molecule has 0 unspecified atom stereocenters. The van der Waals surface area contributed by atoms with Crippen LogP contribution in [0.4, 0.5) is 0 Å². The van der Waals surface area contributed by atoms with Gasteiger partial charge >= 0.3 is 5.97 Å². The number of hydrogen-bond donors (Lipinski definition) is 1. The molecule has 2 aliphatic rings. The van der Waals surface area contributed by atoms with E-state index >= 15 is 0 Å². The zero-order valence-corrected chi connectivity index (χ0v) is 16.4. The quantitative estimate of drug-likeness (QED) is 0.823. The largest absolute Gasteiger partial charge is 0.465 e. The number of aromatic amines is 1. The van der Waals surface area contributed by atoms with Gasteiger partial charge in [-0.05, 0) is 32.0 Å². The van der Waals surface area contributed by atoms with Crippen LogP contribution in [0.3, 0.4) is 0 Å². The second-order valence-corrected chi connectivity index (χ2v) is 7.88. The summed E-state index contributed by atoms with van der Waals surface area (Å²) in [5.41, 5.74) is 3.60. The van der Waals surface area contributed by atoms with Crippen molar-refractivity contribution in [3.8, 4) is 0 Å². The third kappa shape index (κ3) is 3.04. The first kappa shape index (κ1) is 18.5. The van der Waals surface area contributed by atoms with Crippen molar-refractivity contribution in [2.45, 2.75) is 39.3 Å². The molecule has 0 saturated carbocycles. The summed E-state index contributed by atoms with van der Waals surface area (Å²) in [6.07, 6.45) is 1.03. The van der Waals surface area contributed by atoms with Gasteiger partial charge in [-0.1, -0.05) is 0 Å². The number of hydrogen-bond acceptors (Lipinski definition) is 4. The fraction of sp³-hybridized carbons (Fsp3) is 0.476. The first-order chi connectivity index (χ1) is 13.4. The fourth-order valence-corrected chi connectivity index (χ4v) is 4.30. The van der Waals surface area contributed by atoms with Gasteiger partial charge in [0.2, 0.25) is 11.8 Å². The highest BCUT2D eigenvalue weighted by atomic mass is 16.5. The standard InChI is InChI=1S/C21H25N3O4/c1-12(2)24-10-14(9-19(24)25)20(26)23-7-6-18-16(11-23)15-8-13(21(27)28-3)4-5-17(15)22-18/h4-5,8,12,14,22H,6-7,9-11H2,1-3H3/t14-/m1/s1. The van der Waals surface area contributed by atoms with E-state index in [0.717, 1.165) is 28.6 Å². The first-order valence-electron chi connectivity index (χ1n) is 9.69. The Labute approximate surface area is 163 Å². The van der Waals surface area contributed by atoms with Gasteiger partial charge in [0.15, 0.2) is 0 Å². The smallest absolute Gasteiger partial charge is 0.337 e. The van der Waals surface area contributed by atoms with E-state index in [9.17, 15) is 14.4 Å². The number of amides is 2. The number of aromatic nitrogens is 1. The van der Waals surface area contributed by atoms with Crippen LogP contribution in [0.15, 0.2) is 18.2 Å². The van der Waals surface area contributed by atoms with Crippen LogP contribution in [-0.2, 0) is 27.3 Å². The number of esters is 1. The van der Waals surface area contributed by atoms with Crippen molar-refractivity contribution in [3.63, 3.8) is 0 Å². The van der Waals surface area contributed by atoms with Gasteiger partial charge < -0.3 is 19.5 Å². The molecular formula is C21H25N3O4. The summed E-state index contributed by atoms with van der Waals surface area (Å²) in [5.74, 6) is -0.549. The maximum absolute atomic E-state index is 13.1. The molecule has 1 fully saturated rings. The minimum Gasteiger partial charge on any atom is -0.465 e. The van der Waals surface area contributed by atoms with E-state index in [0.29, 0.717) is 31.6 Å². The molecule has 7 nitrogen and oxygen atoms in total. The van der Waals surface area contributed by atoms with Gasteiger partial charge in [-0.3, -0.25) is 9.59 Å². The molecule has 148 valence electrons. The zero-order chi connectivity index (χ0) is 20.0. The molecule has 1 N–H and O–H groups in total. The monoisotopic (exact) mass is 383 g/mol. The van der Waals surface area contributed by atoms with Crippen LogP contribution in [0.5, 0.6) is 0 Å². The van der Waals surface area contributed by atoms with E-state index in [1.165, 1.54) is 7.11 Å². The lowest BCUT2D eigenvalue weighted by atomic mass is 10.0. The lowest BCUT2D eigenvalue weighted by molar-refractivity contribution is -0.136. The van der Waals surface area contributed by atoms with Gasteiger partial charge in [-0.15, -0.1) is 0 Å². The van der Waals surface area contributed by atoms with Crippen molar-refractivity contribution >= 4 is 28.7 Å². The Morgan fingerprint density at radius 2 is 2.07 bits per heavy atom. The minimum absolute atomic E-state index is 0.0422. The molecule has 28 heavy (non-hydrogen) atoms. The maximum atomic E-state index is 13.1. The average molecular weight is 383 g/mol. The SMILES string of the molecule is COC(=O)c1ccc2[nH]c3c(c2c1)CN(C(=O)[C@@H]1CC(=O)N(C(C)C)C1)CC3. The van der Waals surface area contributed by atoms with Gasteiger partial charge in [-0.25, -0.2) is 4.79 Å². The molecule has 0 bridgehead atoms. The normalized spacial score (nSPS) is 19.4. The van der Waals surface area contributed by atoms with Crippen LogP contribution >= 0.6 is 0 Å². The molecule has 1 saturated heterocycles. The first-order valence-corrected chi connectivity index (χ1v) is 9.69. The Balaban J connectivity index is 1.58. The van der Waals surface area contributed by atoms with Crippen LogP contribution < -0.4 is 0 Å². The summed E-state index contributed by atoms with van der Waals surface area (Å²) in [6, 6.07) is 5.55. The van der Waals surface area contributed by atoms with Crippen LogP contribution in [0.1, 0.15) is 41.9 Å². The number of benzene rings is 1. The van der Waals surface area contributed by atoms with Crippen molar-refractivity contribution in [3.05, 3.63) is 35.0 Å². The van der Waals surface area contributed by atoms with E-state index in [-0.39, 0.29) is 29.7 Å². The number of carbonyl (C=O) groups is 3. The third-order valence-corrected chi connectivity index (χ3v) is 5.84. The van der Waals surface area contributed by atoms with Crippen LogP contribution in [-0.4, -0.2) is 58.8 Å². The predicted octanol–water partition coefficient (Wildman–Crippen LogP) is 2.10. The van der Waals surface area contributed by atoms with Crippen molar-refractivity contribution in [1.82, 2.24) is 14.8 Å². The van der Waals surface area contributed by atoms with Crippen molar-refractivity contribution in [2.24, 2.45) is 5.92 Å². The van der Waals surface area contributed by atoms with E-state index in [1.807, 2.05) is 30.9 Å². The Kier molecular flexibility index (Phi) is 4.61. The molecule has 1 atom stereocenters. The van der Waals surface area contributed by atoms with E-state index < -0.39 is 0 Å². The van der Waals surface area contributed by atoms with Gasteiger partial charge in [-0.2, -0.15) is 0 Å². The second-order valence-electron chi connectivity index (χ2n) is 7.88. The molecule has 4 rings (SSSR count). The number of carbonyl (C=O) groups excluding carboxylic acids is 3. The number of nitrogens with zero attached hydrogens (tertiary/aromatic N) is 2. The molecular weight excluding hydrogens is 358 g/mol. The third-order valence-electron chi connectivity index (χ3n) is 5.84. The molecule has 7 heteroatoms. The highest BCUT2D eigenvalue weighted by Gasteiger charge is 2.38. The summed E-state index contributed by atoms with van der Waals surface area (Å²) in [7, 11) is 1.36. The number of likely N-dealkylation sites (tertiary alicyclic amines) is 1. The predicted molar refractivity (Wildman–Crippen MR) is 104 cm³/mol. The van der Waals surface area contributed by atoms with E-state index in [4.69, 9.17) is 4.74 Å². The topological polar surface area (TPSA) is 82.7 Å². The van der Waals surface area contributed by atoms with Gasteiger partial charge in [0.05, 0.1) is 18.6 Å². The summed E-state index contributed by atoms with van der Waals surface area (Å²) >= 11 is 0. The Hall–Kier alpha value is -2.83. The van der Waals surface area contributed by atoms with Crippen LogP contribution in [0.2, 0.25) is 0 Å². The number of fused-ring (bicyclic) bond motifs is 3. The molecule has 0 aliphatic carbocycles. The van der Waals surface area contributed by atoms with Crippen LogP contribution in [0.25, 0.3) is 10.9 Å². The van der Waals surface area contributed by atoms with Crippen LogP contribution in [0, 0.1) is 5.92 Å². The van der Waals surface area contributed by atoms with E-state index in [1.54, 1.807) is 11.0 Å². The summed E-state index contributed by atoms with van der Waals surface area (Å²) < 4.78 is 4.82. The van der Waals surface area contributed by atoms with Gasteiger partial charge in [0.1, 0.15) is 0 Å². The van der Waals surface area contributed by atoms with Crippen molar-refractivity contribution < 1.29 is 19.1 Å². The highest BCUT2D eigenvalue weighted by Crippen LogP contribution is 2.31.